The summed E-state index contributed by atoms with van der Waals surface area (Å²) in [6.45, 7) is 5.00. The van der Waals surface area contributed by atoms with Crippen molar-refractivity contribution in [2.24, 2.45) is 0 Å². The van der Waals surface area contributed by atoms with E-state index >= 15 is 0 Å². The fourth-order valence-electron chi connectivity index (χ4n) is 2.27. The van der Waals surface area contributed by atoms with Crippen molar-refractivity contribution in [2.45, 2.75) is 44.8 Å². The van der Waals surface area contributed by atoms with E-state index in [1.54, 1.807) is 4.90 Å². The van der Waals surface area contributed by atoms with Gasteiger partial charge < -0.3 is 9.64 Å². The Morgan fingerprint density at radius 1 is 1.56 bits per heavy atom. The summed E-state index contributed by atoms with van der Waals surface area (Å²) in [6, 6.07) is -0.287. The molecule has 2 heterocycles. The summed E-state index contributed by atoms with van der Waals surface area (Å²) in [5.74, 6) is -0.196. The van der Waals surface area contributed by atoms with Crippen LogP contribution in [-0.2, 0) is 9.53 Å². The van der Waals surface area contributed by atoms with Crippen LogP contribution in [0.5, 0.6) is 0 Å². The van der Waals surface area contributed by atoms with Crippen LogP contribution in [0.15, 0.2) is 0 Å². The fraction of sp³-hybridized carbons (Fsp3) is 0.818. The molecule has 2 unspecified atom stereocenters. The van der Waals surface area contributed by atoms with Gasteiger partial charge in [-0.15, -0.1) is 0 Å². The number of nitrogens with one attached hydrogen (secondary N) is 1. The molecule has 2 aliphatic heterocycles. The molecular formula is C11H18N2O3. The van der Waals surface area contributed by atoms with E-state index in [1.807, 2.05) is 13.8 Å². The van der Waals surface area contributed by atoms with Gasteiger partial charge in [-0.3, -0.25) is 10.1 Å². The number of hydrogen-bond acceptors (Lipinski definition) is 3. The third-order valence-electron chi connectivity index (χ3n) is 3.65. The Balaban J connectivity index is 2.10. The van der Waals surface area contributed by atoms with Crippen LogP contribution in [-0.4, -0.2) is 41.6 Å². The molecular weight excluding hydrogens is 208 g/mol. The first kappa shape index (κ1) is 11.4. The van der Waals surface area contributed by atoms with Gasteiger partial charge in [0.2, 0.25) is 0 Å². The third-order valence-corrected chi connectivity index (χ3v) is 3.65. The molecule has 2 aliphatic rings. The summed E-state index contributed by atoms with van der Waals surface area (Å²) in [5.41, 5.74) is -0.705. The molecule has 2 saturated heterocycles. The zero-order valence-corrected chi connectivity index (χ0v) is 9.78. The van der Waals surface area contributed by atoms with Gasteiger partial charge in [0.15, 0.2) is 0 Å². The van der Waals surface area contributed by atoms with Gasteiger partial charge in [0, 0.05) is 13.2 Å². The molecule has 5 nitrogen and oxygen atoms in total. The second kappa shape index (κ2) is 4.05. The molecule has 2 rings (SSSR count). The smallest absolute Gasteiger partial charge is 0.325 e. The van der Waals surface area contributed by atoms with Crippen LogP contribution >= 0.6 is 0 Å². The maximum Gasteiger partial charge on any atom is 0.325 e. The number of urea groups is 1. The topological polar surface area (TPSA) is 58.6 Å². The molecule has 16 heavy (non-hydrogen) atoms. The van der Waals surface area contributed by atoms with E-state index in [2.05, 4.69) is 5.32 Å². The highest BCUT2D eigenvalue weighted by Crippen LogP contribution is 2.27. The minimum absolute atomic E-state index is 0.0857. The zero-order chi connectivity index (χ0) is 11.8. The average molecular weight is 226 g/mol. The first-order valence-electron chi connectivity index (χ1n) is 5.82. The molecule has 0 saturated carbocycles. The van der Waals surface area contributed by atoms with Crippen molar-refractivity contribution < 1.29 is 14.3 Å². The summed E-state index contributed by atoms with van der Waals surface area (Å²) < 4.78 is 5.50. The lowest BCUT2D eigenvalue weighted by Gasteiger charge is -2.32. The van der Waals surface area contributed by atoms with Crippen molar-refractivity contribution in [3.63, 3.8) is 0 Å². The largest absolute Gasteiger partial charge is 0.376 e. The van der Waals surface area contributed by atoms with Crippen LogP contribution in [0, 0.1) is 0 Å². The quantitative estimate of drug-likeness (QED) is 0.727. The molecule has 1 N–H and O–H groups in total. The normalized spacial score (nSPS) is 34.6. The van der Waals surface area contributed by atoms with E-state index in [9.17, 15) is 9.59 Å². The lowest BCUT2D eigenvalue weighted by atomic mass is 9.97. The van der Waals surface area contributed by atoms with E-state index in [1.165, 1.54) is 0 Å². The Hall–Kier alpha value is -1.10. The SMILES string of the molecule is CCC1(C)C(=O)NC(=O)N1CC1CCCO1. The highest BCUT2D eigenvalue weighted by Gasteiger charge is 2.48. The molecule has 3 amide bonds. The van der Waals surface area contributed by atoms with Gasteiger partial charge in [0.25, 0.3) is 5.91 Å². The minimum Gasteiger partial charge on any atom is -0.376 e. The standard InChI is InChI=1S/C11H18N2O3/c1-3-11(2)9(14)12-10(15)13(11)7-8-5-4-6-16-8/h8H,3-7H2,1-2H3,(H,12,14,15). The predicted octanol–water partition coefficient (Wildman–Crippen LogP) is 0.886. The van der Waals surface area contributed by atoms with Crippen LogP contribution in [0.3, 0.4) is 0 Å². The summed E-state index contributed by atoms with van der Waals surface area (Å²) in [7, 11) is 0. The van der Waals surface area contributed by atoms with Crippen molar-refractivity contribution in [1.82, 2.24) is 10.2 Å². The number of nitrogens with zero attached hydrogens (tertiary/aromatic N) is 1. The van der Waals surface area contributed by atoms with E-state index in [-0.39, 0.29) is 18.0 Å². The van der Waals surface area contributed by atoms with Crippen LogP contribution < -0.4 is 5.32 Å². The van der Waals surface area contributed by atoms with Gasteiger partial charge in [-0.2, -0.15) is 0 Å². The van der Waals surface area contributed by atoms with Crippen molar-refractivity contribution in [2.75, 3.05) is 13.2 Å². The second-order valence-corrected chi connectivity index (χ2v) is 4.63. The molecule has 0 aromatic heterocycles. The summed E-state index contributed by atoms with van der Waals surface area (Å²) in [5, 5.41) is 2.37. The number of imide groups is 1. The van der Waals surface area contributed by atoms with Crippen molar-refractivity contribution >= 4 is 11.9 Å². The molecule has 2 fully saturated rings. The number of rotatable bonds is 3. The fourth-order valence-corrected chi connectivity index (χ4v) is 2.27. The zero-order valence-electron chi connectivity index (χ0n) is 9.78. The molecule has 0 aliphatic carbocycles. The lowest BCUT2D eigenvalue weighted by Crippen LogP contribution is -2.49. The van der Waals surface area contributed by atoms with Gasteiger partial charge in [-0.05, 0) is 26.2 Å². The van der Waals surface area contributed by atoms with E-state index in [0.29, 0.717) is 13.0 Å². The Labute approximate surface area is 95.1 Å². The number of carbonyl (C=O) groups is 2. The first-order chi connectivity index (χ1) is 7.58. The second-order valence-electron chi connectivity index (χ2n) is 4.63. The molecule has 2 atom stereocenters. The van der Waals surface area contributed by atoms with Gasteiger partial charge >= 0.3 is 6.03 Å². The van der Waals surface area contributed by atoms with Crippen molar-refractivity contribution in [1.29, 1.82) is 0 Å². The number of carbonyl (C=O) groups excluding carboxylic acids is 2. The number of hydrogen-bond donors (Lipinski definition) is 1. The Morgan fingerprint density at radius 2 is 2.31 bits per heavy atom. The molecule has 5 heteroatoms. The maximum absolute atomic E-state index is 11.7. The average Bonchev–Trinajstić information content (AvgIpc) is 2.83. The number of amides is 3. The molecule has 0 aromatic carbocycles. The monoisotopic (exact) mass is 226 g/mol. The highest BCUT2D eigenvalue weighted by atomic mass is 16.5. The summed E-state index contributed by atoms with van der Waals surface area (Å²) in [4.78, 5) is 25.0. The summed E-state index contributed by atoms with van der Waals surface area (Å²) in [6.07, 6.45) is 2.72. The van der Waals surface area contributed by atoms with E-state index in [0.717, 1.165) is 19.4 Å². The Morgan fingerprint density at radius 3 is 2.88 bits per heavy atom. The van der Waals surface area contributed by atoms with Gasteiger partial charge in [-0.25, -0.2) is 4.79 Å². The summed E-state index contributed by atoms with van der Waals surface area (Å²) >= 11 is 0. The molecule has 90 valence electrons. The molecule has 0 aromatic rings. The van der Waals surface area contributed by atoms with Crippen molar-refractivity contribution in [3.8, 4) is 0 Å². The Kier molecular flexibility index (Phi) is 2.88. The van der Waals surface area contributed by atoms with Crippen LogP contribution in [0.1, 0.15) is 33.1 Å². The van der Waals surface area contributed by atoms with Crippen LogP contribution in [0.4, 0.5) is 4.79 Å². The predicted molar refractivity (Wildman–Crippen MR) is 57.9 cm³/mol. The maximum atomic E-state index is 11.7. The molecule has 0 bridgehead atoms. The van der Waals surface area contributed by atoms with Crippen LogP contribution in [0.2, 0.25) is 0 Å². The third kappa shape index (κ3) is 1.69. The van der Waals surface area contributed by atoms with Gasteiger partial charge in [-0.1, -0.05) is 6.92 Å². The Bertz CT molecular complexity index is 312. The van der Waals surface area contributed by atoms with E-state index < -0.39 is 5.54 Å². The lowest BCUT2D eigenvalue weighted by molar-refractivity contribution is -0.126. The van der Waals surface area contributed by atoms with Crippen LogP contribution in [0.25, 0.3) is 0 Å². The van der Waals surface area contributed by atoms with Gasteiger partial charge in [0.05, 0.1) is 6.10 Å². The molecule has 0 spiro atoms. The minimum atomic E-state index is -0.705. The van der Waals surface area contributed by atoms with Gasteiger partial charge in [0.1, 0.15) is 5.54 Å². The van der Waals surface area contributed by atoms with Crippen molar-refractivity contribution in [3.05, 3.63) is 0 Å². The van der Waals surface area contributed by atoms with E-state index in [4.69, 9.17) is 4.74 Å². The first-order valence-corrected chi connectivity index (χ1v) is 5.82. The highest BCUT2D eigenvalue weighted by molar-refractivity contribution is 6.06. The molecule has 0 radical (unpaired) electrons. The number of ether oxygens (including phenoxy) is 1.